The minimum atomic E-state index is -0.869. The second-order valence-electron chi connectivity index (χ2n) is 9.99. The van der Waals surface area contributed by atoms with Crippen LogP contribution in [-0.4, -0.2) is 36.7 Å². The van der Waals surface area contributed by atoms with E-state index in [1.807, 2.05) is 12.3 Å². The van der Waals surface area contributed by atoms with Gasteiger partial charge in [0.1, 0.15) is 0 Å². The Balaban J connectivity index is 2.00. The van der Waals surface area contributed by atoms with E-state index in [-0.39, 0.29) is 34.8 Å². The molecule has 1 aromatic carbocycles. The third-order valence-electron chi connectivity index (χ3n) is 6.20. The maximum atomic E-state index is 14.9. The first-order valence-corrected chi connectivity index (χ1v) is 11.3. The number of aliphatic imine (C=N–C) groups is 2. The first-order chi connectivity index (χ1) is 15.0. The highest BCUT2D eigenvalue weighted by atomic mass is 19.2. The summed E-state index contributed by atoms with van der Waals surface area (Å²) in [4.78, 5) is 10.7. The van der Waals surface area contributed by atoms with Crippen LogP contribution in [0, 0.1) is 23.5 Å². The summed E-state index contributed by atoms with van der Waals surface area (Å²) in [5, 5.41) is 0. The quantitative estimate of drug-likeness (QED) is 0.462. The largest absolute Gasteiger partial charge is 0.370 e. The molecule has 0 amide bonds. The van der Waals surface area contributed by atoms with Gasteiger partial charge in [-0.1, -0.05) is 19.1 Å². The molecule has 2 heterocycles. The van der Waals surface area contributed by atoms with Crippen LogP contribution >= 0.6 is 0 Å². The Morgan fingerprint density at radius 1 is 1.25 bits per heavy atom. The van der Waals surface area contributed by atoms with E-state index < -0.39 is 11.6 Å². The van der Waals surface area contributed by atoms with Crippen LogP contribution in [0.4, 0.5) is 14.5 Å². The van der Waals surface area contributed by atoms with E-state index >= 15 is 0 Å². The number of halogens is 2. The maximum Gasteiger partial charge on any atom is 0.182 e. The summed E-state index contributed by atoms with van der Waals surface area (Å²) in [5.41, 5.74) is 0.308. The summed E-state index contributed by atoms with van der Waals surface area (Å²) < 4.78 is 35.2. The molecule has 0 radical (unpaired) electrons. The van der Waals surface area contributed by atoms with Gasteiger partial charge in [0.25, 0.3) is 0 Å². The van der Waals surface area contributed by atoms with Crippen LogP contribution in [-0.2, 0) is 4.74 Å². The Bertz CT molecular complexity index is 904. The van der Waals surface area contributed by atoms with Crippen molar-refractivity contribution in [1.29, 1.82) is 0 Å². The molecule has 2 unspecified atom stereocenters. The Morgan fingerprint density at radius 2 is 1.94 bits per heavy atom. The van der Waals surface area contributed by atoms with Gasteiger partial charge in [0.2, 0.25) is 0 Å². The van der Waals surface area contributed by atoms with Gasteiger partial charge >= 0.3 is 0 Å². The summed E-state index contributed by atoms with van der Waals surface area (Å²) in [7, 11) is 0. The van der Waals surface area contributed by atoms with Gasteiger partial charge in [-0.15, -0.1) is 0 Å². The molecule has 2 aliphatic rings. The van der Waals surface area contributed by atoms with Crippen molar-refractivity contribution >= 4 is 18.6 Å². The molecular weight excluding hydrogens is 408 g/mol. The third kappa shape index (κ3) is 5.71. The number of rotatable bonds is 7. The van der Waals surface area contributed by atoms with Crippen LogP contribution in [0.15, 0.2) is 52.2 Å². The molecule has 4 nitrogen and oxygen atoms in total. The van der Waals surface area contributed by atoms with Crippen molar-refractivity contribution in [3.05, 3.63) is 53.9 Å². The first kappa shape index (κ1) is 24.3. The second-order valence-corrected chi connectivity index (χ2v) is 9.99. The van der Waals surface area contributed by atoms with Crippen LogP contribution in [0.1, 0.15) is 53.9 Å². The average molecular weight is 444 g/mol. The Hall–Kier alpha value is -2.34. The minimum absolute atomic E-state index is 0.0672. The molecule has 0 spiro atoms. The molecule has 0 saturated carbocycles. The van der Waals surface area contributed by atoms with Crippen molar-refractivity contribution in [2.75, 3.05) is 11.4 Å². The summed E-state index contributed by atoms with van der Waals surface area (Å²) in [6.45, 7) is 14.6. The van der Waals surface area contributed by atoms with Gasteiger partial charge in [0.05, 0.1) is 28.6 Å². The molecule has 2 aliphatic heterocycles. The molecule has 3 rings (SSSR count). The lowest BCUT2D eigenvalue weighted by molar-refractivity contribution is -0.167. The lowest BCUT2D eigenvalue weighted by Gasteiger charge is -2.45. The highest BCUT2D eigenvalue weighted by Gasteiger charge is 2.40. The first-order valence-electron chi connectivity index (χ1n) is 11.3. The van der Waals surface area contributed by atoms with E-state index in [0.717, 1.165) is 31.0 Å². The van der Waals surface area contributed by atoms with E-state index in [0.29, 0.717) is 6.54 Å². The van der Waals surface area contributed by atoms with Gasteiger partial charge in [-0.3, -0.25) is 9.98 Å². The number of allylic oxidation sites excluding steroid dienone is 2. The minimum Gasteiger partial charge on any atom is -0.370 e. The molecule has 0 aliphatic carbocycles. The van der Waals surface area contributed by atoms with Crippen molar-refractivity contribution in [2.24, 2.45) is 21.8 Å². The van der Waals surface area contributed by atoms with E-state index in [1.54, 1.807) is 17.2 Å². The van der Waals surface area contributed by atoms with Gasteiger partial charge < -0.3 is 9.64 Å². The van der Waals surface area contributed by atoms with Gasteiger partial charge in [-0.25, -0.2) is 8.78 Å². The molecule has 0 N–H and O–H groups in total. The van der Waals surface area contributed by atoms with Crippen molar-refractivity contribution in [2.45, 2.75) is 71.1 Å². The molecule has 1 fully saturated rings. The molecule has 2 atom stereocenters. The topological polar surface area (TPSA) is 37.2 Å². The highest BCUT2D eigenvalue weighted by molar-refractivity contribution is 5.72. The van der Waals surface area contributed by atoms with Crippen LogP contribution < -0.4 is 4.90 Å². The Kier molecular flexibility index (Phi) is 7.33. The molecule has 1 saturated heterocycles. The number of dihydropyridines is 1. The van der Waals surface area contributed by atoms with Crippen LogP contribution in [0.2, 0.25) is 0 Å². The zero-order valence-corrected chi connectivity index (χ0v) is 19.8. The SMILES string of the molecule is C=N/C(=C\N(CC1C=CC=NC1CC)c1cccc(F)c1F)C1CC(C)(C)OC(C)(C)C1. The Morgan fingerprint density at radius 3 is 2.56 bits per heavy atom. The van der Waals surface area contributed by atoms with E-state index in [9.17, 15) is 8.78 Å². The standard InChI is InChI=1S/C26H35F2N3O/c1-7-21-18(10-9-13-30-21)16-31(23-12-8-11-20(27)24(23)28)17-22(29-6)19-14-25(2,3)32-26(4,5)15-19/h8-13,17-19,21H,6-7,14-16H2,1-5H3/b22-17-. The number of ether oxygens (including phenoxy) is 1. The second kappa shape index (κ2) is 9.65. The summed E-state index contributed by atoms with van der Waals surface area (Å²) in [5.74, 6) is -1.58. The molecule has 1 aromatic rings. The van der Waals surface area contributed by atoms with Gasteiger partial charge in [0.15, 0.2) is 11.6 Å². The predicted octanol–water partition coefficient (Wildman–Crippen LogP) is 6.33. The smallest absolute Gasteiger partial charge is 0.182 e. The monoisotopic (exact) mass is 443 g/mol. The highest BCUT2D eigenvalue weighted by Crippen LogP contribution is 2.42. The summed E-state index contributed by atoms with van der Waals surface area (Å²) in [6, 6.07) is 4.36. The molecule has 174 valence electrons. The fourth-order valence-electron chi connectivity index (χ4n) is 5.08. The van der Waals surface area contributed by atoms with Gasteiger partial charge in [-0.05, 0) is 71.9 Å². The zero-order chi connectivity index (χ0) is 23.5. The fourth-order valence-corrected chi connectivity index (χ4v) is 5.08. The van der Waals surface area contributed by atoms with E-state index in [1.165, 1.54) is 6.07 Å². The summed E-state index contributed by atoms with van der Waals surface area (Å²) >= 11 is 0. The van der Waals surface area contributed by atoms with E-state index in [4.69, 9.17) is 4.74 Å². The van der Waals surface area contributed by atoms with Crippen molar-refractivity contribution in [3.8, 4) is 0 Å². The molecule has 0 aromatic heterocycles. The predicted molar refractivity (Wildman–Crippen MR) is 129 cm³/mol. The molecule has 6 heteroatoms. The number of anilines is 1. The molecular formula is C26H35F2N3O. The Labute approximate surface area is 190 Å². The average Bonchev–Trinajstić information content (AvgIpc) is 2.71. The van der Waals surface area contributed by atoms with Crippen molar-refractivity contribution < 1.29 is 13.5 Å². The summed E-state index contributed by atoms with van der Waals surface area (Å²) in [6.07, 6.45) is 10.0. The number of hydrogen-bond donors (Lipinski definition) is 0. The van der Waals surface area contributed by atoms with Crippen molar-refractivity contribution in [1.82, 2.24) is 0 Å². The van der Waals surface area contributed by atoms with Crippen LogP contribution in [0.25, 0.3) is 0 Å². The van der Waals surface area contributed by atoms with Crippen LogP contribution in [0.3, 0.4) is 0 Å². The molecule has 0 bridgehead atoms. The number of benzene rings is 1. The maximum absolute atomic E-state index is 14.9. The van der Waals surface area contributed by atoms with Gasteiger partial charge in [-0.2, -0.15) is 0 Å². The number of hydrogen-bond acceptors (Lipinski definition) is 4. The van der Waals surface area contributed by atoms with Crippen molar-refractivity contribution in [3.63, 3.8) is 0 Å². The lowest BCUT2D eigenvalue weighted by atomic mass is 9.79. The zero-order valence-electron chi connectivity index (χ0n) is 19.8. The normalized spacial score (nSPS) is 25.0. The van der Waals surface area contributed by atoms with Crippen LogP contribution in [0.5, 0.6) is 0 Å². The third-order valence-corrected chi connectivity index (χ3v) is 6.20. The van der Waals surface area contributed by atoms with Gasteiger partial charge in [0, 0.05) is 30.8 Å². The molecule has 32 heavy (non-hydrogen) atoms. The number of nitrogens with zero attached hydrogens (tertiary/aromatic N) is 3. The van der Waals surface area contributed by atoms with E-state index in [2.05, 4.69) is 57.4 Å². The lowest BCUT2D eigenvalue weighted by Crippen LogP contribution is -2.45. The fraction of sp³-hybridized carbons (Fsp3) is 0.538.